The summed E-state index contributed by atoms with van der Waals surface area (Å²) in [5.41, 5.74) is 2.58. The summed E-state index contributed by atoms with van der Waals surface area (Å²) in [6.07, 6.45) is 15.2. The second kappa shape index (κ2) is 12.4. The first-order valence-electron chi connectivity index (χ1n) is 16.8. The number of carbonyl (C=O) groups is 2. The van der Waals surface area contributed by atoms with Crippen molar-refractivity contribution in [2.45, 2.75) is 124 Å². The van der Waals surface area contributed by atoms with Crippen molar-refractivity contribution in [2.75, 3.05) is 0 Å². The van der Waals surface area contributed by atoms with E-state index < -0.39 is 17.9 Å². The maximum absolute atomic E-state index is 13.3. The van der Waals surface area contributed by atoms with Crippen LogP contribution < -0.4 is 0 Å². The minimum absolute atomic E-state index is 0.0174. The van der Waals surface area contributed by atoms with Gasteiger partial charge in [-0.1, -0.05) is 77.7 Å². The fraction of sp³-hybridized carbons (Fsp3) is 0.730. The topological polar surface area (TPSA) is 83.8 Å². The van der Waals surface area contributed by atoms with Gasteiger partial charge in [0, 0.05) is 6.42 Å². The van der Waals surface area contributed by atoms with E-state index in [2.05, 4.69) is 40.7 Å². The molecule has 3 fully saturated rings. The lowest BCUT2D eigenvalue weighted by Crippen LogP contribution is -2.51. The van der Waals surface area contributed by atoms with Gasteiger partial charge in [-0.2, -0.15) is 0 Å². The van der Waals surface area contributed by atoms with Gasteiger partial charge in [-0.25, -0.2) is 0 Å². The van der Waals surface area contributed by atoms with Gasteiger partial charge in [0.2, 0.25) is 0 Å². The molecule has 2 N–H and O–H groups in total. The molecule has 3 saturated carbocycles. The van der Waals surface area contributed by atoms with E-state index in [-0.39, 0.29) is 23.7 Å². The molecule has 1 aromatic rings. The highest BCUT2D eigenvalue weighted by Crippen LogP contribution is 2.67. The van der Waals surface area contributed by atoms with Crippen LogP contribution in [0, 0.1) is 46.3 Å². The first kappa shape index (κ1) is 31.1. The fourth-order valence-corrected chi connectivity index (χ4v) is 10.3. The zero-order valence-corrected chi connectivity index (χ0v) is 26.6. The number of allylic oxidation sites excluding steroid dienone is 1. The van der Waals surface area contributed by atoms with Gasteiger partial charge in [-0.15, -0.1) is 0 Å². The van der Waals surface area contributed by atoms with Crippen LogP contribution in [0.2, 0.25) is 0 Å². The van der Waals surface area contributed by atoms with E-state index in [1.807, 2.05) is 0 Å². The van der Waals surface area contributed by atoms with Gasteiger partial charge in [0.05, 0.1) is 12.3 Å². The van der Waals surface area contributed by atoms with Crippen molar-refractivity contribution < 1.29 is 24.5 Å². The predicted molar refractivity (Wildman–Crippen MR) is 166 cm³/mol. The van der Waals surface area contributed by atoms with Crippen molar-refractivity contribution in [3.8, 4) is 5.75 Å². The Bertz CT molecular complexity index is 1170. The molecule has 1 aromatic carbocycles. The van der Waals surface area contributed by atoms with E-state index in [0.717, 1.165) is 55.3 Å². The monoisotopic (exact) mass is 578 g/mol. The zero-order valence-electron chi connectivity index (χ0n) is 26.6. The van der Waals surface area contributed by atoms with Crippen molar-refractivity contribution >= 4 is 11.9 Å². The highest BCUT2D eigenvalue weighted by Gasteiger charge is 2.59. The molecule has 5 rings (SSSR count). The molecule has 0 heterocycles. The number of carbonyl (C=O) groups excluding carboxylic acids is 1. The van der Waals surface area contributed by atoms with Crippen LogP contribution in [0.1, 0.15) is 123 Å². The summed E-state index contributed by atoms with van der Waals surface area (Å²) in [6.45, 7) is 12.3. The van der Waals surface area contributed by atoms with Crippen molar-refractivity contribution in [2.24, 2.45) is 46.3 Å². The number of phenolic OH excluding ortho intramolecular Hbond substituents is 1. The number of phenols is 1. The van der Waals surface area contributed by atoms with Gasteiger partial charge in [0.25, 0.3) is 0 Å². The largest absolute Gasteiger partial charge is 0.508 e. The fourth-order valence-electron chi connectivity index (χ4n) is 10.3. The molecule has 0 amide bonds. The highest BCUT2D eigenvalue weighted by atomic mass is 16.5. The number of hydrogen-bond acceptors (Lipinski definition) is 4. The summed E-state index contributed by atoms with van der Waals surface area (Å²) >= 11 is 0. The molecule has 0 aliphatic heterocycles. The van der Waals surface area contributed by atoms with Gasteiger partial charge in [0.15, 0.2) is 0 Å². The van der Waals surface area contributed by atoms with Crippen LogP contribution in [-0.4, -0.2) is 28.3 Å². The number of rotatable bonds is 10. The van der Waals surface area contributed by atoms with Crippen molar-refractivity contribution in [1.29, 1.82) is 0 Å². The van der Waals surface area contributed by atoms with Crippen LogP contribution in [0.3, 0.4) is 0 Å². The molecule has 4 aliphatic rings. The van der Waals surface area contributed by atoms with Crippen molar-refractivity contribution in [3.63, 3.8) is 0 Å². The third-order valence-corrected chi connectivity index (χ3v) is 12.5. The summed E-state index contributed by atoms with van der Waals surface area (Å²) in [4.78, 5) is 24.9. The molecular formula is C37H54O5. The van der Waals surface area contributed by atoms with Crippen molar-refractivity contribution in [1.82, 2.24) is 0 Å². The Morgan fingerprint density at radius 3 is 2.52 bits per heavy atom. The quantitative estimate of drug-likeness (QED) is 0.214. The van der Waals surface area contributed by atoms with Crippen LogP contribution in [0.15, 0.2) is 35.9 Å². The Balaban J connectivity index is 1.25. The number of hydrogen-bond donors (Lipinski definition) is 2. The summed E-state index contributed by atoms with van der Waals surface area (Å²) in [5, 5.41) is 19.4. The number of benzene rings is 1. The molecule has 0 saturated heterocycles. The highest BCUT2D eigenvalue weighted by molar-refractivity contribution is 5.84. The van der Waals surface area contributed by atoms with Crippen LogP contribution >= 0.6 is 0 Å². The average molecular weight is 579 g/mol. The van der Waals surface area contributed by atoms with Crippen LogP contribution in [0.4, 0.5) is 0 Å². The minimum Gasteiger partial charge on any atom is -0.508 e. The number of carboxylic acid groups (broad SMARTS) is 1. The normalized spacial score (nSPS) is 35.4. The van der Waals surface area contributed by atoms with E-state index in [1.165, 1.54) is 62.7 Å². The molecule has 0 radical (unpaired) electrons. The number of ether oxygens (including phenoxy) is 1. The molecule has 0 aromatic heterocycles. The first-order valence-corrected chi connectivity index (χ1v) is 16.8. The predicted octanol–water partition coefficient (Wildman–Crippen LogP) is 8.90. The summed E-state index contributed by atoms with van der Waals surface area (Å²) < 4.78 is 6.03. The van der Waals surface area contributed by atoms with E-state index in [1.54, 1.807) is 12.1 Å². The number of esters is 1. The maximum Gasteiger partial charge on any atom is 0.314 e. The number of carboxylic acids is 1. The number of aliphatic carboxylic acids is 1. The van der Waals surface area contributed by atoms with E-state index in [4.69, 9.17) is 4.74 Å². The summed E-state index contributed by atoms with van der Waals surface area (Å²) in [5.74, 6) is 2.29. The van der Waals surface area contributed by atoms with Crippen LogP contribution in [0.5, 0.6) is 5.75 Å². The average Bonchev–Trinajstić information content (AvgIpc) is 3.29. The molecule has 5 nitrogen and oxygen atoms in total. The Labute approximate surface area is 253 Å². The number of fused-ring (bicyclic) bond motifs is 5. The Morgan fingerprint density at radius 2 is 1.81 bits per heavy atom. The Kier molecular flexibility index (Phi) is 9.17. The molecule has 232 valence electrons. The van der Waals surface area contributed by atoms with Gasteiger partial charge in [0.1, 0.15) is 11.9 Å². The lowest BCUT2D eigenvalue weighted by atomic mass is 9.47. The summed E-state index contributed by atoms with van der Waals surface area (Å²) in [7, 11) is 0. The molecular weight excluding hydrogens is 524 g/mol. The van der Waals surface area contributed by atoms with E-state index in [0.29, 0.717) is 16.9 Å². The van der Waals surface area contributed by atoms with Gasteiger partial charge >= 0.3 is 11.9 Å². The lowest BCUT2D eigenvalue weighted by molar-refractivity contribution is -0.156. The smallest absolute Gasteiger partial charge is 0.314 e. The second-order valence-corrected chi connectivity index (χ2v) is 15.3. The third-order valence-electron chi connectivity index (χ3n) is 12.5. The number of aromatic hydroxyl groups is 1. The van der Waals surface area contributed by atoms with Crippen LogP contribution in [-0.2, 0) is 14.3 Å². The van der Waals surface area contributed by atoms with E-state index >= 15 is 0 Å². The zero-order chi connectivity index (χ0) is 30.2. The maximum atomic E-state index is 13.3. The van der Waals surface area contributed by atoms with Crippen LogP contribution in [0.25, 0.3) is 0 Å². The Morgan fingerprint density at radius 1 is 1.02 bits per heavy atom. The molecule has 0 spiro atoms. The third kappa shape index (κ3) is 6.04. The minimum atomic E-state index is -1.05. The SMILES string of the molecule is CC(C)CCC[C@@H](C)[C@H]1CC[C@H]2[C@@H]3CC=C4CC(OC(=O)C(CC(=O)O)c5cccc(O)c5)CC[C@]4(C)[C@H]3CC[C@]12C. The van der Waals surface area contributed by atoms with Crippen molar-refractivity contribution in [3.05, 3.63) is 41.5 Å². The van der Waals surface area contributed by atoms with E-state index in [9.17, 15) is 19.8 Å². The van der Waals surface area contributed by atoms with Gasteiger partial charge in [-0.05, 0) is 109 Å². The summed E-state index contributed by atoms with van der Waals surface area (Å²) in [6, 6.07) is 6.31. The first-order chi connectivity index (χ1) is 19.9. The molecule has 4 aliphatic carbocycles. The van der Waals surface area contributed by atoms with Gasteiger partial charge < -0.3 is 14.9 Å². The molecule has 9 atom stereocenters. The molecule has 2 unspecified atom stereocenters. The Hall–Kier alpha value is -2.30. The second-order valence-electron chi connectivity index (χ2n) is 15.3. The van der Waals surface area contributed by atoms with Gasteiger partial charge in [-0.3, -0.25) is 9.59 Å². The molecule has 5 heteroatoms. The standard InChI is InChI=1S/C37H54O5/c1-23(2)8-6-9-24(3)31-14-15-32-29-13-12-26-21-28(16-18-36(26,4)33(29)17-19-37(31,32)5)42-35(41)30(22-34(39)40)25-10-7-11-27(38)20-25/h7,10-12,20,23-24,28-33,38H,6,8-9,13-19,21-22H2,1-5H3,(H,39,40)/t24-,28?,29+,30?,31-,32+,33+,36+,37-/m1/s1. The lowest BCUT2D eigenvalue weighted by Gasteiger charge is -2.58. The molecule has 0 bridgehead atoms. The molecule has 42 heavy (non-hydrogen) atoms.